The van der Waals surface area contributed by atoms with Gasteiger partial charge in [-0.1, -0.05) is 0 Å². The average molecular weight is 322 g/mol. The maximum Gasteiger partial charge on any atom is 0.460 e. The number of piperidine rings is 1. The lowest BCUT2D eigenvalue weighted by Gasteiger charge is -2.64. The first kappa shape index (κ1) is 10.9. The van der Waals surface area contributed by atoms with E-state index in [-0.39, 0.29) is 18.6 Å². The quantitative estimate of drug-likeness (QED) is 0.615. The topological polar surface area (TPSA) is 38.5 Å². The van der Waals surface area contributed by atoms with E-state index in [2.05, 4.69) is 0 Å². The number of alkyl halides is 3. The SMILES string of the molecule is NC1CC2C1C(COI)N2C(F)(F)F. The van der Waals surface area contributed by atoms with Crippen molar-refractivity contribution in [3.05, 3.63) is 0 Å². The van der Waals surface area contributed by atoms with Gasteiger partial charge < -0.3 is 8.80 Å². The molecule has 1 heterocycles. The molecular formula is C7H10F3IN2O. The summed E-state index contributed by atoms with van der Waals surface area (Å²) in [4.78, 5) is 0.569. The van der Waals surface area contributed by atoms with Gasteiger partial charge in [0, 0.05) is 24.0 Å². The Bertz CT molecular complexity index is 237. The number of nitrogens with zero attached hydrogens (tertiary/aromatic N) is 1. The summed E-state index contributed by atoms with van der Waals surface area (Å²) < 4.78 is 42.2. The number of halogens is 4. The molecule has 7 heteroatoms. The molecule has 2 N–H and O–H groups in total. The Hall–Kier alpha value is 0.400. The zero-order valence-corrected chi connectivity index (χ0v) is 9.33. The summed E-state index contributed by atoms with van der Waals surface area (Å²) in [7, 11) is 0. The van der Waals surface area contributed by atoms with Crippen LogP contribution in [0.15, 0.2) is 0 Å². The molecule has 2 rings (SSSR count). The zero-order valence-electron chi connectivity index (χ0n) is 7.17. The highest BCUT2D eigenvalue weighted by atomic mass is 127. The lowest BCUT2D eigenvalue weighted by Crippen LogP contribution is -2.80. The minimum atomic E-state index is -4.25. The lowest BCUT2D eigenvalue weighted by atomic mass is 9.62. The first-order chi connectivity index (χ1) is 6.46. The Labute approximate surface area is 93.4 Å². The molecule has 1 aliphatic heterocycles. The van der Waals surface area contributed by atoms with E-state index in [0.29, 0.717) is 11.3 Å². The highest BCUT2D eigenvalue weighted by molar-refractivity contribution is 14.1. The van der Waals surface area contributed by atoms with Crippen LogP contribution in [0.5, 0.6) is 0 Å². The number of fused-ring (bicyclic) bond motifs is 1. The molecule has 0 bridgehead atoms. The van der Waals surface area contributed by atoms with Gasteiger partial charge in [0.05, 0.1) is 6.61 Å². The normalized spacial score (nSPS) is 42.6. The molecule has 1 aliphatic carbocycles. The third-order valence-electron chi connectivity index (χ3n) is 3.14. The summed E-state index contributed by atoms with van der Waals surface area (Å²) in [6.07, 6.45) is -3.80. The lowest BCUT2D eigenvalue weighted by molar-refractivity contribution is -0.342. The predicted octanol–water partition coefficient (Wildman–Crippen LogP) is 1.27. The van der Waals surface area contributed by atoms with Gasteiger partial charge in [0.15, 0.2) is 0 Å². The van der Waals surface area contributed by atoms with Crippen molar-refractivity contribution >= 4 is 23.0 Å². The Kier molecular flexibility index (Phi) is 2.70. The van der Waals surface area contributed by atoms with Crippen molar-refractivity contribution in [3.8, 4) is 0 Å². The first-order valence-corrected chi connectivity index (χ1v) is 5.19. The first-order valence-electron chi connectivity index (χ1n) is 4.31. The van der Waals surface area contributed by atoms with Crippen molar-refractivity contribution in [2.24, 2.45) is 11.7 Å². The maximum atomic E-state index is 12.5. The van der Waals surface area contributed by atoms with Gasteiger partial charge in [-0.25, -0.2) is 4.90 Å². The Morgan fingerprint density at radius 3 is 2.57 bits per heavy atom. The van der Waals surface area contributed by atoms with E-state index in [4.69, 9.17) is 8.80 Å². The van der Waals surface area contributed by atoms with Crippen LogP contribution in [0.25, 0.3) is 0 Å². The molecule has 0 spiro atoms. The van der Waals surface area contributed by atoms with Crippen molar-refractivity contribution in [1.82, 2.24) is 4.90 Å². The monoisotopic (exact) mass is 322 g/mol. The van der Waals surface area contributed by atoms with Gasteiger partial charge in [0.1, 0.15) is 23.0 Å². The highest BCUT2D eigenvalue weighted by Gasteiger charge is 2.66. The molecule has 82 valence electrons. The van der Waals surface area contributed by atoms with Crippen LogP contribution in [0.4, 0.5) is 13.2 Å². The Balaban J connectivity index is 2.04. The largest absolute Gasteiger partial charge is 0.460 e. The predicted molar refractivity (Wildman–Crippen MR) is 51.5 cm³/mol. The van der Waals surface area contributed by atoms with Crippen molar-refractivity contribution < 1.29 is 16.2 Å². The Morgan fingerprint density at radius 2 is 2.14 bits per heavy atom. The summed E-state index contributed by atoms with van der Waals surface area (Å²) in [5.74, 6) is -0.0357. The maximum absolute atomic E-state index is 12.5. The van der Waals surface area contributed by atoms with Gasteiger partial charge in [-0.3, -0.25) is 0 Å². The van der Waals surface area contributed by atoms with Gasteiger partial charge in [-0.15, -0.1) is 0 Å². The summed E-state index contributed by atoms with van der Waals surface area (Å²) in [6.45, 7) is 0.0922. The summed E-state index contributed by atoms with van der Waals surface area (Å²) in [6, 6.07) is -1.07. The van der Waals surface area contributed by atoms with Gasteiger partial charge in [-0.05, 0) is 6.42 Å². The van der Waals surface area contributed by atoms with E-state index < -0.39 is 18.4 Å². The molecule has 2 aliphatic rings. The van der Waals surface area contributed by atoms with Crippen molar-refractivity contribution in [3.63, 3.8) is 0 Å². The van der Waals surface area contributed by atoms with E-state index in [1.807, 2.05) is 0 Å². The second-order valence-electron chi connectivity index (χ2n) is 3.76. The second kappa shape index (κ2) is 3.46. The third kappa shape index (κ3) is 1.44. The van der Waals surface area contributed by atoms with E-state index in [0.717, 1.165) is 0 Å². The van der Waals surface area contributed by atoms with Crippen molar-refractivity contribution in [2.75, 3.05) is 6.61 Å². The van der Waals surface area contributed by atoms with Crippen LogP contribution in [0.1, 0.15) is 6.42 Å². The van der Waals surface area contributed by atoms with Crippen LogP contribution < -0.4 is 5.73 Å². The van der Waals surface area contributed by atoms with Crippen LogP contribution in [0, 0.1) is 5.92 Å². The average Bonchev–Trinajstić information content (AvgIpc) is 1.99. The van der Waals surface area contributed by atoms with Crippen molar-refractivity contribution in [1.29, 1.82) is 0 Å². The van der Waals surface area contributed by atoms with Crippen LogP contribution in [0.3, 0.4) is 0 Å². The third-order valence-corrected chi connectivity index (χ3v) is 3.50. The standard InChI is InChI=1S/C7H10F3IN2O/c8-7(9,10)13-4-1-3(12)6(4)5(13)2-14-11/h3-6H,1-2,12H2. The number of hydrogen-bond donors (Lipinski definition) is 1. The molecule has 14 heavy (non-hydrogen) atoms. The molecular weight excluding hydrogens is 312 g/mol. The smallest absolute Gasteiger partial charge is 0.327 e. The van der Waals surface area contributed by atoms with Gasteiger partial charge >= 0.3 is 6.30 Å². The summed E-state index contributed by atoms with van der Waals surface area (Å²) >= 11 is 1.61. The van der Waals surface area contributed by atoms with Crippen molar-refractivity contribution in [2.45, 2.75) is 30.8 Å². The molecule has 0 radical (unpaired) electrons. The Morgan fingerprint density at radius 1 is 1.50 bits per heavy atom. The fourth-order valence-electron chi connectivity index (χ4n) is 2.49. The summed E-state index contributed by atoms with van der Waals surface area (Å²) in [5.41, 5.74) is 5.64. The minimum absolute atomic E-state index is 0.0357. The summed E-state index contributed by atoms with van der Waals surface area (Å²) in [5, 5.41) is 0. The van der Waals surface area contributed by atoms with E-state index in [1.165, 1.54) is 0 Å². The molecule has 3 nitrogen and oxygen atoms in total. The molecule has 1 saturated heterocycles. The van der Waals surface area contributed by atoms with E-state index in [9.17, 15) is 13.2 Å². The van der Waals surface area contributed by atoms with Crippen LogP contribution in [0.2, 0.25) is 0 Å². The second-order valence-corrected chi connectivity index (χ2v) is 4.39. The molecule has 2 fully saturated rings. The van der Waals surface area contributed by atoms with Gasteiger partial charge in [0.25, 0.3) is 0 Å². The number of hydrogen-bond acceptors (Lipinski definition) is 3. The fourth-order valence-corrected chi connectivity index (χ4v) is 2.85. The van der Waals surface area contributed by atoms with E-state index in [1.54, 1.807) is 23.0 Å². The molecule has 0 aromatic heterocycles. The molecule has 0 aromatic rings. The zero-order chi connectivity index (χ0) is 10.5. The van der Waals surface area contributed by atoms with Crippen LogP contribution in [-0.4, -0.2) is 35.9 Å². The molecule has 1 saturated carbocycles. The fraction of sp³-hybridized carbons (Fsp3) is 1.00. The molecule has 4 atom stereocenters. The highest BCUT2D eigenvalue weighted by Crippen LogP contribution is 2.51. The van der Waals surface area contributed by atoms with Crippen LogP contribution in [-0.2, 0) is 3.07 Å². The number of likely N-dealkylation sites (tertiary alicyclic amines) is 1. The van der Waals surface area contributed by atoms with Gasteiger partial charge in [0.2, 0.25) is 0 Å². The van der Waals surface area contributed by atoms with Crippen LogP contribution >= 0.6 is 23.0 Å². The van der Waals surface area contributed by atoms with E-state index >= 15 is 0 Å². The minimum Gasteiger partial charge on any atom is -0.327 e. The number of nitrogens with two attached hydrogens (primary N) is 1. The number of rotatable bonds is 2. The molecule has 0 amide bonds. The molecule has 0 aromatic carbocycles. The van der Waals surface area contributed by atoms with Gasteiger partial charge in [-0.2, -0.15) is 13.2 Å². The molecule has 4 unspecified atom stereocenters.